The van der Waals surface area contributed by atoms with Gasteiger partial charge in [0.25, 0.3) is 5.91 Å². The average Bonchev–Trinajstić information content (AvgIpc) is 3.20. The molecule has 0 aromatic heterocycles. The Morgan fingerprint density at radius 2 is 1.94 bits per heavy atom. The summed E-state index contributed by atoms with van der Waals surface area (Å²) in [5.74, 6) is 0.104. The van der Waals surface area contributed by atoms with E-state index in [0.717, 1.165) is 12.8 Å². The molecule has 0 radical (unpaired) electrons. The number of hydrogen-bond donors (Lipinski definition) is 1. The fourth-order valence-corrected chi connectivity index (χ4v) is 2.28. The van der Waals surface area contributed by atoms with Gasteiger partial charge in [-0.25, -0.2) is 4.39 Å². The second-order valence-electron chi connectivity index (χ2n) is 5.35. The lowest BCUT2D eigenvalue weighted by Gasteiger charge is -2.35. The van der Waals surface area contributed by atoms with Gasteiger partial charge in [0.15, 0.2) is 5.67 Å². The highest BCUT2D eigenvalue weighted by Crippen LogP contribution is 2.30. The van der Waals surface area contributed by atoms with Crippen molar-refractivity contribution in [3.05, 3.63) is 0 Å². The molecule has 18 heavy (non-hydrogen) atoms. The van der Waals surface area contributed by atoms with E-state index >= 15 is 0 Å². The SMILES string of the molecule is CCC(=O)N1CCC(F)(C(=O)NCC2CC2)CC1. The van der Waals surface area contributed by atoms with E-state index in [0.29, 0.717) is 32.0 Å². The maximum Gasteiger partial charge on any atom is 0.257 e. The summed E-state index contributed by atoms with van der Waals surface area (Å²) in [6.45, 7) is 3.09. The maximum absolute atomic E-state index is 14.4. The molecular formula is C13H21FN2O2. The van der Waals surface area contributed by atoms with E-state index in [9.17, 15) is 14.0 Å². The van der Waals surface area contributed by atoms with Crippen molar-refractivity contribution >= 4 is 11.8 Å². The van der Waals surface area contributed by atoms with Crippen LogP contribution in [0.2, 0.25) is 0 Å². The van der Waals surface area contributed by atoms with Crippen LogP contribution >= 0.6 is 0 Å². The summed E-state index contributed by atoms with van der Waals surface area (Å²) < 4.78 is 14.4. The molecule has 1 aliphatic heterocycles. The fourth-order valence-electron chi connectivity index (χ4n) is 2.28. The lowest BCUT2D eigenvalue weighted by atomic mass is 9.92. The van der Waals surface area contributed by atoms with Crippen LogP contribution in [0.25, 0.3) is 0 Å². The Morgan fingerprint density at radius 1 is 1.33 bits per heavy atom. The quantitative estimate of drug-likeness (QED) is 0.823. The Kier molecular flexibility index (Phi) is 3.88. The standard InChI is InChI=1S/C13H21FN2O2/c1-2-11(17)16-7-5-13(14,6-8-16)12(18)15-9-10-3-4-10/h10H,2-9H2,1H3,(H,15,18). The highest BCUT2D eigenvalue weighted by Gasteiger charge is 2.42. The molecule has 1 N–H and O–H groups in total. The number of likely N-dealkylation sites (tertiary alicyclic amines) is 1. The Labute approximate surface area is 107 Å². The summed E-state index contributed by atoms with van der Waals surface area (Å²) in [6, 6.07) is 0. The largest absolute Gasteiger partial charge is 0.353 e. The number of nitrogens with zero attached hydrogens (tertiary/aromatic N) is 1. The van der Waals surface area contributed by atoms with Crippen LogP contribution in [-0.2, 0) is 9.59 Å². The first kappa shape index (κ1) is 13.3. The van der Waals surface area contributed by atoms with Crippen LogP contribution < -0.4 is 5.32 Å². The zero-order valence-electron chi connectivity index (χ0n) is 10.9. The van der Waals surface area contributed by atoms with Crippen molar-refractivity contribution < 1.29 is 14.0 Å². The Balaban J connectivity index is 1.81. The first-order valence-corrected chi connectivity index (χ1v) is 6.80. The molecule has 1 saturated carbocycles. The van der Waals surface area contributed by atoms with Gasteiger partial charge in [0.2, 0.25) is 5.91 Å². The molecule has 0 unspecified atom stereocenters. The zero-order valence-corrected chi connectivity index (χ0v) is 10.9. The van der Waals surface area contributed by atoms with Gasteiger partial charge in [-0.1, -0.05) is 6.92 Å². The first-order valence-electron chi connectivity index (χ1n) is 6.80. The number of carbonyl (C=O) groups is 2. The van der Waals surface area contributed by atoms with E-state index in [2.05, 4.69) is 5.32 Å². The van der Waals surface area contributed by atoms with Crippen molar-refractivity contribution in [3.63, 3.8) is 0 Å². The maximum atomic E-state index is 14.4. The van der Waals surface area contributed by atoms with Gasteiger partial charge in [-0.15, -0.1) is 0 Å². The molecule has 5 heteroatoms. The van der Waals surface area contributed by atoms with E-state index in [1.54, 1.807) is 11.8 Å². The number of amides is 2. The molecule has 1 heterocycles. The third-order valence-electron chi connectivity index (χ3n) is 3.87. The Bertz CT molecular complexity index is 334. The summed E-state index contributed by atoms with van der Waals surface area (Å²) in [6.07, 6.45) is 2.95. The van der Waals surface area contributed by atoms with Crippen molar-refractivity contribution in [2.45, 2.75) is 44.7 Å². The van der Waals surface area contributed by atoms with Crippen LogP contribution in [0.5, 0.6) is 0 Å². The highest BCUT2D eigenvalue weighted by atomic mass is 19.1. The number of rotatable bonds is 4. The van der Waals surface area contributed by atoms with Gasteiger partial charge in [0.05, 0.1) is 0 Å². The second kappa shape index (κ2) is 5.24. The molecule has 0 bridgehead atoms. The minimum Gasteiger partial charge on any atom is -0.353 e. The third-order valence-corrected chi connectivity index (χ3v) is 3.87. The molecule has 0 spiro atoms. The van der Waals surface area contributed by atoms with E-state index < -0.39 is 11.6 Å². The van der Waals surface area contributed by atoms with Gasteiger partial charge in [-0.2, -0.15) is 0 Å². The number of hydrogen-bond acceptors (Lipinski definition) is 2. The summed E-state index contributed by atoms with van der Waals surface area (Å²) in [5.41, 5.74) is -1.78. The minimum atomic E-state index is -1.78. The molecule has 4 nitrogen and oxygen atoms in total. The Hall–Kier alpha value is -1.13. The molecule has 2 fully saturated rings. The van der Waals surface area contributed by atoms with Crippen molar-refractivity contribution in [3.8, 4) is 0 Å². The van der Waals surface area contributed by atoms with Crippen LogP contribution in [-0.4, -0.2) is 42.0 Å². The summed E-state index contributed by atoms with van der Waals surface area (Å²) in [7, 11) is 0. The lowest BCUT2D eigenvalue weighted by Crippen LogP contribution is -2.52. The van der Waals surface area contributed by atoms with Crippen LogP contribution in [0.15, 0.2) is 0 Å². The van der Waals surface area contributed by atoms with Gasteiger partial charge in [0.1, 0.15) is 0 Å². The minimum absolute atomic E-state index is 0.0374. The molecule has 1 aliphatic carbocycles. The zero-order chi connectivity index (χ0) is 13.2. The normalized spacial score (nSPS) is 22.7. The van der Waals surface area contributed by atoms with Gasteiger partial charge in [-0.3, -0.25) is 9.59 Å². The smallest absolute Gasteiger partial charge is 0.257 e. The molecule has 102 valence electrons. The number of carbonyl (C=O) groups excluding carboxylic acids is 2. The highest BCUT2D eigenvalue weighted by molar-refractivity contribution is 5.85. The number of alkyl halides is 1. The van der Waals surface area contributed by atoms with Gasteiger partial charge >= 0.3 is 0 Å². The number of nitrogens with one attached hydrogen (secondary N) is 1. The molecule has 0 aromatic carbocycles. The van der Waals surface area contributed by atoms with Crippen LogP contribution in [0.3, 0.4) is 0 Å². The summed E-state index contributed by atoms with van der Waals surface area (Å²) in [5, 5.41) is 2.70. The molecule has 2 aliphatic rings. The fraction of sp³-hybridized carbons (Fsp3) is 0.846. The molecular weight excluding hydrogens is 235 g/mol. The predicted molar refractivity (Wildman–Crippen MR) is 65.7 cm³/mol. The van der Waals surface area contributed by atoms with Gasteiger partial charge < -0.3 is 10.2 Å². The van der Waals surface area contributed by atoms with Crippen LogP contribution in [0.4, 0.5) is 4.39 Å². The number of halogens is 1. The number of piperidine rings is 1. The van der Waals surface area contributed by atoms with Crippen molar-refractivity contribution in [2.24, 2.45) is 5.92 Å². The Morgan fingerprint density at radius 3 is 2.44 bits per heavy atom. The monoisotopic (exact) mass is 256 g/mol. The molecule has 0 aromatic rings. The van der Waals surface area contributed by atoms with Crippen LogP contribution in [0.1, 0.15) is 39.0 Å². The van der Waals surface area contributed by atoms with E-state index in [-0.39, 0.29) is 18.7 Å². The van der Waals surface area contributed by atoms with Crippen LogP contribution in [0, 0.1) is 5.92 Å². The predicted octanol–water partition coefficient (Wildman–Crippen LogP) is 1.25. The molecule has 2 rings (SSSR count). The summed E-state index contributed by atoms with van der Waals surface area (Å²) >= 11 is 0. The van der Waals surface area contributed by atoms with Gasteiger partial charge in [0, 0.05) is 38.9 Å². The van der Waals surface area contributed by atoms with Crippen molar-refractivity contribution in [2.75, 3.05) is 19.6 Å². The topological polar surface area (TPSA) is 49.4 Å². The lowest BCUT2D eigenvalue weighted by molar-refractivity contribution is -0.142. The second-order valence-corrected chi connectivity index (χ2v) is 5.35. The van der Waals surface area contributed by atoms with Crippen molar-refractivity contribution in [1.82, 2.24) is 10.2 Å². The van der Waals surface area contributed by atoms with E-state index in [1.807, 2.05) is 0 Å². The summed E-state index contributed by atoms with van der Waals surface area (Å²) in [4.78, 5) is 24.9. The molecule has 0 atom stereocenters. The van der Waals surface area contributed by atoms with Crippen molar-refractivity contribution in [1.29, 1.82) is 0 Å². The third kappa shape index (κ3) is 3.00. The molecule has 1 saturated heterocycles. The van der Waals surface area contributed by atoms with E-state index in [1.165, 1.54) is 0 Å². The average molecular weight is 256 g/mol. The van der Waals surface area contributed by atoms with Gasteiger partial charge in [-0.05, 0) is 18.8 Å². The molecule has 2 amide bonds. The van der Waals surface area contributed by atoms with E-state index in [4.69, 9.17) is 0 Å². The first-order chi connectivity index (χ1) is 8.55.